The summed E-state index contributed by atoms with van der Waals surface area (Å²) in [6, 6.07) is 0. The summed E-state index contributed by atoms with van der Waals surface area (Å²) in [5.74, 6) is -0.946. The molecule has 0 heterocycles. The molecule has 0 aromatic heterocycles. The van der Waals surface area contributed by atoms with Gasteiger partial charge in [0.05, 0.1) is 0 Å². The van der Waals surface area contributed by atoms with Gasteiger partial charge < -0.3 is 14.2 Å². The summed E-state index contributed by atoms with van der Waals surface area (Å²) in [7, 11) is 0. The van der Waals surface area contributed by atoms with Crippen LogP contribution in [-0.2, 0) is 28.6 Å². The Morgan fingerprint density at radius 1 is 0.355 bits per heavy atom. The fraction of sp³-hybridized carbons (Fsp3) is 0.661. The van der Waals surface area contributed by atoms with E-state index < -0.39 is 6.10 Å². The number of rotatable bonds is 44. The van der Waals surface area contributed by atoms with Crippen molar-refractivity contribution in [3.05, 3.63) is 97.2 Å². The third-order valence-electron chi connectivity index (χ3n) is 10.4. The molecule has 1 unspecified atom stereocenters. The Morgan fingerprint density at radius 3 is 1.18 bits per heavy atom. The minimum absolute atomic E-state index is 0.0974. The van der Waals surface area contributed by atoms with Gasteiger partial charge in [0.2, 0.25) is 0 Å². The molecule has 6 nitrogen and oxygen atoms in total. The molecule has 0 aliphatic carbocycles. The Balaban J connectivity index is 4.46. The highest BCUT2D eigenvalue weighted by Crippen LogP contribution is 2.13. The van der Waals surface area contributed by atoms with Crippen LogP contribution in [0.25, 0.3) is 0 Å². The van der Waals surface area contributed by atoms with Gasteiger partial charge in [-0.25, -0.2) is 0 Å². The Labute approximate surface area is 381 Å². The molecule has 0 rings (SSSR count). The first-order valence-corrected chi connectivity index (χ1v) is 25.3. The fourth-order valence-electron chi connectivity index (χ4n) is 6.62. The molecule has 0 spiro atoms. The maximum absolute atomic E-state index is 12.8. The van der Waals surface area contributed by atoms with Crippen LogP contribution in [0.4, 0.5) is 0 Å². The number of ether oxygens (including phenoxy) is 3. The van der Waals surface area contributed by atoms with Crippen molar-refractivity contribution >= 4 is 17.9 Å². The molecule has 0 aliphatic rings. The molecule has 62 heavy (non-hydrogen) atoms. The number of hydrogen-bond acceptors (Lipinski definition) is 6. The zero-order chi connectivity index (χ0) is 45.1. The van der Waals surface area contributed by atoms with E-state index in [1.807, 2.05) is 0 Å². The molecule has 0 saturated carbocycles. The standard InChI is InChI=1S/C56H92O6/c1-4-7-10-13-16-19-22-25-27-29-31-34-37-40-43-46-49-55(58)61-52-53(51-60-54(57)48-45-42-39-36-33-30-24-21-18-15-12-9-6-3)62-56(59)50-47-44-41-38-35-32-28-26-23-20-17-14-11-8-5-2/h7,9-10,12,15-21,23-27,53H,4-6,8,11,13-14,22,28-52H2,1-3H3/b10-7-,12-9-,18-15-,19-16-,20-17-,24-21-,26-23-,27-25-. The van der Waals surface area contributed by atoms with Crippen molar-refractivity contribution in [1.29, 1.82) is 0 Å². The van der Waals surface area contributed by atoms with E-state index in [-0.39, 0.29) is 31.1 Å². The second kappa shape index (κ2) is 50.0. The molecule has 0 aliphatic heterocycles. The Bertz CT molecular complexity index is 1260. The third kappa shape index (κ3) is 47.4. The second-order valence-electron chi connectivity index (χ2n) is 16.4. The summed E-state index contributed by atoms with van der Waals surface area (Å²) in [4.78, 5) is 38.0. The Morgan fingerprint density at radius 2 is 0.710 bits per heavy atom. The predicted octanol–water partition coefficient (Wildman–Crippen LogP) is 16.6. The van der Waals surface area contributed by atoms with Crippen LogP contribution in [0.3, 0.4) is 0 Å². The van der Waals surface area contributed by atoms with Crippen molar-refractivity contribution in [2.24, 2.45) is 0 Å². The molecule has 0 saturated heterocycles. The van der Waals surface area contributed by atoms with E-state index in [1.54, 1.807) is 0 Å². The van der Waals surface area contributed by atoms with Crippen LogP contribution in [0, 0.1) is 0 Å². The number of carbonyl (C=O) groups is 3. The minimum Gasteiger partial charge on any atom is -0.462 e. The maximum atomic E-state index is 12.8. The van der Waals surface area contributed by atoms with Crippen molar-refractivity contribution in [2.75, 3.05) is 13.2 Å². The topological polar surface area (TPSA) is 78.9 Å². The lowest BCUT2D eigenvalue weighted by Crippen LogP contribution is -2.30. The second-order valence-corrected chi connectivity index (χ2v) is 16.4. The van der Waals surface area contributed by atoms with Gasteiger partial charge in [0.1, 0.15) is 13.2 Å². The van der Waals surface area contributed by atoms with Crippen LogP contribution >= 0.6 is 0 Å². The summed E-state index contributed by atoms with van der Waals surface area (Å²) in [5.41, 5.74) is 0. The van der Waals surface area contributed by atoms with Crippen LogP contribution in [0.2, 0.25) is 0 Å². The van der Waals surface area contributed by atoms with E-state index in [1.165, 1.54) is 51.4 Å². The van der Waals surface area contributed by atoms with Gasteiger partial charge in [0.25, 0.3) is 0 Å². The highest BCUT2D eigenvalue weighted by atomic mass is 16.6. The van der Waals surface area contributed by atoms with Crippen LogP contribution in [0.5, 0.6) is 0 Å². The highest BCUT2D eigenvalue weighted by Gasteiger charge is 2.19. The van der Waals surface area contributed by atoms with Crippen LogP contribution in [0.15, 0.2) is 97.2 Å². The Kier molecular flexibility index (Phi) is 47.0. The SMILES string of the molecule is CC\C=C/C=C\C=C/CCCCCCCC(=O)OCC(COC(=O)CCCCCCCC/C=C\C/C=C\C/C=C\CC)OC(=O)CCCCCCCC/C=C\C=C/CCCCC. The summed E-state index contributed by atoms with van der Waals surface area (Å²) in [5, 5.41) is 0. The number of allylic oxidation sites excluding steroid dienone is 16. The van der Waals surface area contributed by atoms with Crippen LogP contribution in [-0.4, -0.2) is 37.2 Å². The summed E-state index contributed by atoms with van der Waals surface area (Å²) < 4.78 is 16.8. The maximum Gasteiger partial charge on any atom is 0.306 e. The first-order chi connectivity index (χ1) is 30.5. The van der Waals surface area contributed by atoms with E-state index in [9.17, 15) is 14.4 Å². The molecule has 0 fully saturated rings. The van der Waals surface area contributed by atoms with Gasteiger partial charge in [-0.3, -0.25) is 14.4 Å². The molecule has 352 valence electrons. The fourth-order valence-corrected chi connectivity index (χ4v) is 6.62. The van der Waals surface area contributed by atoms with E-state index in [2.05, 4.69) is 118 Å². The smallest absolute Gasteiger partial charge is 0.306 e. The number of esters is 3. The number of carbonyl (C=O) groups excluding carboxylic acids is 3. The van der Waals surface area contributed by atoms with Gasteiger partial charge in [0, 0.05) is 19.3 Å². The van der Waals surface area contributed by atoms with E-state index in [4.69, 9.17) is 14.2 Å². The molecule has 0 aromatic carbocycles. The largest absolute Gasteiger partial charge is 0.462 e. The lowest BCUT2D eigenvalue weighted by Gasteiger charge is -2.18. The van der Waals surface area contributed by atoms with Crippen molar-refractivity contribution in [3.63, 3.8) is 0 Å². The summed E-state index contributed by atoms with van der Waals surface area (Å²) in [6.45, 7) is 6.31. The quantitative estimate of drug-likeness (QED) is 0.0200. The van der Waals surface area contributed by atoms with Crippen molar-refractivity contribution in [1.82, 2.24) is 0 Å². The minimum atomic E-state index is -0.798. The van der Waals surface area contributed by atoms with Gasteiger partial charge in [-0.1, -0.05) is 201 Å². The monoisotopic (exact) mass is 861 g/mol. The van der Waals surface area contributed by atoms with Crippen molar-refractivity contribution in [3.8, 4) is 0 Å². The zero-order valence-electron chi connectivity index (χ0n) is 40.1. The molecule has 1 atom stereocenters. The molecular formula is C56H92O6. The Hall–Kier alpha value is -3.67. The highest BCUT2D eigenvalue weighted by molar-refractivity contribution is 5.71. The van der Waals surface area contributed by atoms with Crippen LogP contribution < -0.4 is 0 Å². The number of unbranched alkanes of at least 4 members (excludes halogenated alkanes) is 20. The molecular weight excluding hydrogens is 769 g/mol. The van der Waals surface area contributed by atoms with E-state index in [0.29, 0.717) is 19.3 Å². The van der Waals surface area contributed by atoms with Gasteiger partial charge in [-0.15, -0.1) is 0 Å². The van der Waals surface area contributed by atoms with E-state index in [0.717, 1.165) is 128 Å². The lowest BCUT2D eigenvalue weighted by molar-refractivity contribution is -0.167. The average Bonchev–Trinajstić information content (AvgIpc) is 3.27. The normalized spacial score (nSPS) is 12.9. The van der Waals surface area contributed by atoms with Gasteiger partial charge in [0.15, 0.2) is 6.10 Å². The first-order valence-electron chi connectivity index (χ1n) is 25.3. The summed E-state index contributed by atoms with van der Waals surface area (Å²) in [6.07, 6.45) is 65.3. The average molecular weight is 861 g/mol. The predicted molar refractivity (Wildman–Crippen MR) is 265 cm³/mol. The first kappa shape index (κ1) is 58.3. The number of hydrogen-bond donors (Lipinski definition) is 0. The van der Waals surface area contributed by atoms with Gasteiger partial charge in [-0.2, -0.15) is 0 Å². The molecule has 6 heteroatoms. The van der Waals surface area contributed by atoms with E-state index >= 15 is 0 Å². The molecule has 0 amide bonds. The van der Waals surface area contributed by atoms with Gasteiger partial charge in [-0.05, 0) is 96.3 Å². The molecule has 0 bridgehead atoms. The van der Waals surface area contributed by atoms with Crippen molar-refractivity contribution in [2.45, 2.75) is 226 Å². The lowest BCUT2D eigenvalue weighted by atomic mass is 10.1. The van der Waals surface area contributed by atoms with Crippen LogP contribution in [0.1, 0.15) is 220 Å². The van der Waals surface area contributed by atoms with Gasteiger partial charge >= 0.3 is 17.9 Å². The third-order valence-corrected chi connectivity index (χ3v) is 10.4. The zero-order valence-corrected chi connectivity index (χ0v) is 40.1. The van der Waals surface area contributed by atoms with Crippen molar-refractivity contribution < 1.29 is 28.6 Å². The molecule has 0 N–H and O–H groups in total. The molecule has 0 aromatic rings. The molecule has 0 radical (unpaired) electrons. The summed E-state index contributed by atoms with van der Waals surface area (Å²) >= 11 is 0.